The second kappa shape index (κ2) is 5.10. The summed E-state index contributed by atoms with van der Waals surface area (Å²) in [6.07, 6.45) is 3.50. The Morgan fingerprint density at radius 2 is 2.06 bits per heavy atom. The van der Waals surface area contributed by atoms with Gasteiger partial charge in [-0.1, -0.05) is 12.8 Å². The fourth-order valence-corrected chi connectivity index (χ4v) is 3.42. The van der Waals surface area contributed by atoms with Crippen LogP contribution < -0.4 is 5.32 Å². The lowest BCUT2D eigenvalue weighted by atomic mass is 9.92. The second-order valence-corrected chi connectivity index (χ2v) is 5.72. The van der Waals surface area contributed by atoms with E-state index in [1.165, 1.54) is 11.3 Å². The van der Waals surface area contributed by atoms with Crippen molar-refractivity contribution in [3.8, 4) is 0 Å². The first kappa shape index (κ1) is 13.1. The van der Waals surface area contributed by atoms with Crippen LogP contribution in [0.25, 0.3) is 0 Å². The van der Waals surface area contributed by atoms with E-state index in [1.54, 1.807) is 0 Å². The Bertz CT molecular complexity index is 461. The molecule has 18 heavy (non-hydrogen) atoms. The Labute approximate surface area is 110 Å². The molecular weight excluding hydrogens is 250 g/mol. The fourth-order valence-electron chi connectivity index (χ4n) is 2.59. The van der Waals surface area contributed by atoms with Gasteiger partial charge in [0.25, 0.3) is 5.91 Å². The van der Waals surface area contributed by atoms with Gasteiger partial charge in [0, 0.05) is 5.38 Å². The number of hydrogen-bond donors (Lipinski definition) is 2. The number of rotatable bonds is 4. The first-order valence-electron chi connectivity index (χ1n) is 6.09. The summed E-state index contributed by atoms with van der Waals surface area (Å²) in [7, 11) is 0. The molecule has 1 aliphatic rings. The third-order valence-corrected chi connectivity index (χ3v) is 4.39. The van der Waals surface area contributed by atoms with Crippen molar-refractivity contribution in [1.29, 1.82) is 0 Å². The van der Waals surface area contributed by atoms with Crippen molar-refractivity contribution in [2.24, 2.45) is 0 Å². The number of hydrogen-bond acceptors (Lipinski definition) is 3. The van der Waals surface area contributed by atoms with Crippen LogP contribution in [0.4, 0.5) is 0 Å². The molecule has 1 heterocycles. The lowest BCUT2D eigenvalue weighted by Crippen LogP contribution is -2.47. The molecule has 4 nitrogen and oxygen atoms in total. The molecule has 2 N–H and O–H groups in total. The van der Waals surface area contributed by atoms with Crippen LogP contribution in [0.5, 0.6) is 0 Å². The SMILES string of the molecule is Cc1cscc1C(=O)NC1(CC(=O)O)CCCC1. The van der Waals surface area contributed by atoms with Gasteiger partial charge in [-0.15, -0.1) is 0 Å². The van der Waals surface area contributed by atoms with Crippen molar-refractivity contribution in [1.82, 2.24) is 5.32 Å². The van der Waals surface area contributed by atoms with Gasteiger partial charge in [0.2, 0.25) is 0 Å². The normalized spacial score (nSPS) is 17.6. The molecule has 0 aromatic carbocycles. The molecule has 1 aliphatic carbocycles. The number of aliphatic carboxylic acids is 1. The van der Waals surface area contributed by atoms with Crippen molar-refractivity contribution in [3.63, 3.8) is 0 Å². The van der Waals surface area contributed by atoms with E-state index in [-0.39, 0.29) is 12.3 Å². The minimum absolute atomic E-state index is 0.0158. The fraction of sp³-hybridized carbons (Fsp3) is 0.538. The zero-order chi connectivity index (χ0) is 13.2. The number of carboxylic acid groups (broad SMARTS) is 1. The van der Waals surface area contributed by atoms with Crippen LogP contribution >= 0.6 is 11.3 Å². The lowest BCUT2D eigenvalue weighted by Gasteiger charge is -2.28. The zero-order valence-corrected chi connectivity index (χ0v) is 11.2. The molecule has 0 radical (unpaired) electrons. The van der Waals surface area contributed by atoms with E-state index in [0.717, 1.165) is 31.2 Å². The molecule has 98 valence electrons. The molecule has 1 aromatic heterocycles. The summed E-state index contributed by atoms with van der Waals surface area (Å²) in [5.41, 5.74) is 1.06. The maximum atomic E-state index is 12.2. The van der Waals surface area contributed by atoms with Crippen LogP contribution in [-0.4, -0.2) is 22.5 Å². The topological polar surface area (TPSA) is 66.4 Å². The Kier molecular flexibility index (Phi) is 3.71. The maximum absolute atomic E-state index is 12.2. The van der Waals surface area contributed by atoms with Crippen LogP contribution in [0, 0.1) is 6.92 Å². The summed E-state index contributed by atoms with van der Waals surface area (Å²) in [6.45, 7) is 1.89. The van der Waals surface area contributed by atoms with E-state index in [1.807, 2.05) is 17.7 Å². The van der Waals surface area contributed by atoms with E-state index in [9.17, 15) is 9.59 Å². The minimum Gasteiger partial charge on any atom is -0.481 e. The second-order valence-electron chi connectivity index (χ2n) is 4.98. The molecule has 2 rings (SSSR count). The quantitative estimate of drug-likeness (QED) is 0.881. The molecule has 0 spiro atoms. The maximum Gasteiger partial charge on any atom is 0.305 e. The zero-order valence-electron chi connectivity index (χ0n) is 10.4. The number of thiophene rings is 1. The average Bonchev–Trinajstić information content (AvgIpc) is 2.86. The summed E-state index contributed by atoms with van der Waals surface area (Å²) in [6, 6.07) is 0. The van der Waals surface area contributed by atoms with E-state index in [0.29, 0.717) is 5.56 Å². The monoisotopic (exact) mass is 267 g/mol. The van der Waals surface area contributed by atoms with E-state index in [4.69, 9.17) is 5.11 Å². The highest BCUT2D eigenvalue weighted by atomic mass is 32.1. The Morgan fingerprint density at radius 1 is 1.39 bits per heavy atom. The van der Waals surface area contributed by atoms with Gasteiger partial charge < -0.3 is 10.4 Å². The summed E-state index contributed by atoms with van der Waals surface area (Å²) in [4.78, 5) is 23.1. The molecule has 1 fully saturated rings. The van der Waals surface area contributed by atoms with Crippen LogP contribution in [0.2, 0.25) is 0 Å². The molecule has 0 unspecified atom stereocenters. The first-order chi connectivity index (χ1) is 8.52. The van der Waals surface area contributed by atoms with Crippen LogP contribution in [-0.2, 0) is 4.79 Å². The van der Waals surface area contributed by atoms with Crippen LogP contribution in [0.3, 0.4) is 0 Å². The van der Waals surface area contributed by atoms with Crippen molar-refractivity contribution in [2.75, 3.05) is 0 Å². The molecule has 1 amide bonds. The summed E-state index contributed by atoms with van der Waals surface area (Å²) in [5, 5.41) is 15.7. The minimum atomic E-state index is -0.848. The number of carbonyl (C=O) groups excluding carboxylic acids is 1. The lowest BCUT2D eigenvalue weighted by molar-refractivity contribution is -0.138. The van der Waals surface area contributed by atoms with Gasteiger partial charge >= 0.3 is 5.97 Å². The van der Waals surface area contributed by atoms with Gasteiger partial charge in [-0.05, 0) is 30.7 Å². The summed E-state index contributed by atoms with van der Waals surface area (Å²) < 4.78 is 0. The highest BCUT2D eigenvalue weighted by molar-refractivity contribution is 7.08. The van der Waals surface area contributed by atoms with Crippen molar-refractivity contribution < 1.29 is 14.7 Å². The van der Waals surface area contributed by atoms with E-state index >= 15 is 0 Å². The number of aryl methyl sites for hydroxylation is 1. The molecule has 1 saturated carbocycles. The van der Waals surface area contributed by atoms with Crippen molar-refractivity contribution >= 4 is 23.2 Å². The van der Waals surface area contributed by atoms with Gasteiger partial charge in [0.05, 0.1) is 17.5 Å². The molecule has 0 saturated heterocycles. The van der Waals surface area contributed by atoms with Gasteiger partial charge in [-0.3, -0.25) is 9.59 Å². The summed E-state index contributed by atoms with van der Waals surface area (Å²) >= 11 is 1.49. The highest BCUT2D eigenvalue weighted by Crippen LogP contribution is 2.33. The van der Waals surface area contributed by atoms with Crippen LogP contribution in [0.1, 0.15) is 48.0 Å². The van der Waals surface area contributed by atoms with Crippen LogP contribution in [0.15, 0.2) is 10.8 Å². The predicted octanol–water partition coefficient (Wildman–Crippen LogP) is 2.57. The number of amides is 1. The molecular formula is C13H17NO3S. The van der Waals surface area contributed by atoms with Gasteiger partial charge in [-0.2, -0.15) is 11.3 Å². The first-order valence-corrected chi connectivity index (χ1v) is 7.04. The summed E-state index contributed by atoms with van der Waals surface area (Å²) in [5.74, 6) is -0.990. The van der Waals surface area contributed by atoms with Gasteiger partial charge in [0.1, 0.15) is 0 Å². The average molecular weight is 267 g/mol. The Hall–Kier alpha value is -1.36. The number of nitrogens with one attached hydrogen (secondary N) is 1. The smallest absolute Gasteiger partial charge is 0.305 e. The van der Waals surface area contributed by atoms with E-state index in [2.05, 4.69) is 5.32 Å². The number of carboxylic acids is 1. The standard InChI is InChI=1S/C13H17NO3S/c1-9-7-18-8-10(9)12(17)14-13(6-11(15)16)4-2-3-5-13/h7-8H,2-6H2,1H3,(H,14,17)(H,15,16). The van der Waals surface area contributed by atoms with Gasteiger partial charge in [-0.25, -0.2) is 0 Å². The molecule has 0 atom stereocenters. The Balaban J connectivity index is 2.12. The van der Waals surface area contributed by atoms with Gasteiger partial charge in [0.15, 0.2) is 0 Å². The predicted molar refractivity (Wildman–Crippen MR) is 70.0 cm³/mol. The third-order valence-electron chi connectivity index (χ3n) is 3.53. The highest BCUT2D eigenvalue weighted by Gasteiger charge is 2.37. The molecule has 5 heteroatoms. The molecule has 0 aliphatic heterocycles. The number of carbonyl (C=O) groups is 2. The molecule has 1 aromatic rings. The third kappa shape index (κ3) is 2.72. The Morgan fingerprint density at radius 3 is 2.56 bits per heavy atom. The van der Waals surface area contributed by atoms with E-state index < -0.39 is 11.5 Å². The molecule has 0 bridgehead atoms. The van der Waals surface area contributed by atoms with Crippen molar-refractivity contribution in [2.45, 2.75) is 44.6 Å². The largest absolute Gasteiger partial charge is 0.481 e. The van der Waals surface area contributed by atoms with Crippen molar-refractivity contribution in [3.05, 3.63) is 21.9 Å².